The van der Waals surface area contributed by atoms with Crippen LogP contribution in [0, 0.1) is 34.0 Å². The van der Waals surface area contributed by atoms with E-state index in [4.69, 9.17) is 0 Å². The van der Waals surface area contributed by atoms with Gasteiger partial charge in [0.25, 0.3) is 0 Å². The number of Topliss-reactive ketones (excluding diaryl/α,β-unsaturated/α-hetero) is 2. The Balaban J connectivity index is 1.96. The van der Waals surface area contributed by atoms with Gasteiger partial charge in [-0.2, -0.15) is 0 Å². The number of rotatable bonds is 0. The quantitative estimate of drug-likeness (QED) is 0.746. The zero-order valence-corrected chi connectivity index (χ0v) is 14.9. The smallest absolute Gasteiger partial charge is 0.160 e. The summed E-state index contributed by atoms with van der Waals surface area (Å²) in [7, 11) is 0. The van der Waals surface area contributed by atoms with Crippen LogP contribution in [0.25, 0.3) is 0 Å². The Hall–Kier alpha value is -0.960. The Morgan fingerprint density at radius 1 is 1.17 bits per heavy atom. The van der Waals surface area contributed by atoms with Crippen molar-refractivity contribution >= 4 is 11.6 Å². The number of aliphatic hydroxyl groups is 1. The van der Waals surface area contributed by atoms with Gasteiger partial charge < -0.3 is 5.11 Å². The predicted octanol–water partition coefficient (Wildman–Crippen LogP) is 3.30. The summed E-state index contributed by atoms with van der Waals surface area (Å²) in [6, 6.07) is 0. The molecule has 3 nitrogen and oxygen atoms in total. The minimum atomic E-state index is -0.549. The highest BCUT2D eigenvalue weighted by Gasteiger charge is 2.73. The lowest BCUT2D eigenvalue weighted by molar-refractivity contribution is -0.147. The van der Waals surface area contributed by atoms with Crippen molar-refractivity contribution in [3.63, 3.8) is 0 Å². The lowest BCUT2D eigenvalue weighted by atomic mass is 9.45. The number of ketones is 2. The zero-order valence-electron chi connectivity index (χ0n) is 14.9. The molecule has 0 aromatic rings. The van der Waals surface area contributed by atoms with Crippen LogP contribution in [-0.2, 0) is 9.59 Å². The molecule has 126 valence electrons. The molecule has 3 heteroatoms. The van der Waals surface area contributed by atoms with Crippen molar-refractivity contribution in [2.24, 2.45) is 34.0 Å². The molecular weight excluding hydrogens is 288 g/mol. The summed E-state index contributed by atoms with van der Waals surface area (Å²) in [6.45, 7) is 10.8. The molecule has 0 amide bonds. The highest BCUT2D eigenvalue weighted by atomic mass is 16.3. The molecule has 3 fully saturated rings. The first kappa shape index (κ1) is 15.6. The van der Waals surface area contributed by atoms with E-state index in [9.17, 15) is 14.7 Å². The highest BCUT2D eigenvalue weighted by Crippen LogP contribution is 2.76. The lowest BCUT2D eigenvalue weighted by Crippen LogP contribution is -2.56. The standard InChI is InChI=1S/C20H28O3/c1-10-6-13(21)12-7-16-19(5)8-15(23)17(19)11(2)14(22)9-20(10,16)18(12,3)4/h10,12,14,16,22H,6-9H2,1-5H3/t10-,12-,14-,16+,19+,20-/m1/s1. The molecule has 4 rings (SSSR count). The van der Waals surface area contributed by atoms with Gasteiger partial charge in [0.05, 0.1) is 6.10 Å². The van der Waals surface area contributed by atoms with E-state index in [0.29, 0.717) is 31.0 Å². The van der Waals surface area contributed by atoms with Gasteiger partial charge in [-0.15, -0.1) is 0 Å². The molecule has 0 heterocycles. The molecule has 1 N–H and O–H groups in total. The number of fused-ring (bicyclic) bond motifs is 3. The third kappa shape index (κ3) is 1.47. The van der Waals surface area contributed by atoms with Crippen molar-refractivity contribution in [3.05, 3.63) is 11.1 Å². The fourth-order valence-corrected chi connectivity index (χ4v) is 7.42. The van der Waals surface area contributed by atoms with Gasteiger partial charge in [0.2, 0.25) is 0 Å². The van der Waals surface area contributed by atoms with Crippen molar-refractivity contribution in [3.8, 4) is 0 Å². The number of carbonyl (C=O) groups excluding carboxylic acids is 2. The first-order valence-corrected chi connectivity index (χ1v) is 9.02. The second kappa shape index (κ2) is 4.17. The van der Waals surface area contributed by atoms with Crippen molar-refractivity contribution < 1.29 is 14.7 Å². The summed E-state index contributed by atoms with van der Waals surface area (Å²) in [5.41, 5.74) is 1.47. The molecule has 1 spiro atoms. The van der Waals surface area contributed by atoms with Crippen LogP contribution in [0.1, 0.15) is 60.3 Å². The van der Waals surface area contributed by atoms with Gasteiger partial charge in [0, 0.05) is 29.7 Å². The van der Waals surface area contributed by atoms with E-state index in [1.54, 1.807) is 0 Å². The molecule has 23 heavy (non-hydrogen) atoms. The van der Waals surface area contributed by atoms with E-state index < -0.39 is 6.10 Å². The van der Waals surface area contributed by atoms with Gasteiger partial charge >= 0.3 is 0 Å². The Kier molecular flexibility index (Phi) is 2.82. The van der Waals surface area contributed by atoms with Crippen molar-refractivity contribution in [2.75, 3.05) is 0 Å². The van der Waals surface area contributed by atoms with E-state index in [1.807, 2.05) is 6.92 Å². The minimum Gasteiger partial charge on any atom is -0.389 e. The van der Waals surface area contributed by atoms with Crippen molar-refractivity contribution in [2.45, 2.75) is 66.4 Å². The van der Waals surface area contributed by atoms with Gasteiger partial charge in [-0.3, -0.25) is 9.59 Å². The fourth-order valence-electron chi connectivity index (χ4n) is 7.42. The third-order valence-corrected chi connectivity index (χ3v) is 8.51. The van der Waals surface area contributed by atoms with Crippen molar-refractivity contribution in [1.82, 2.24) is 0 Å². The fraction of sp³-hybridized carbons (Fsp3) is 0.800. The zero-order chi connectivity index (χ0) is 16.9. The molecule has 3 saturated carbocycles. The number of hydrogen-bond acceptors (Lipinski definition) is 3. The monoisotopic (exact) mass is 316 g/mol. The summed E-state index contributed by atoms with van der Waals surface area (Å²) in [4.78, 5) is 25.0. The molecule has 4 aliphatic rings. The predicted molar refractivity (Wildman–Crippen MR) is 87.7 cm³/mol. The van der Waals surface area contributed by atoms with Crippen LogP contribution >= 0.6 is 0 Å². The summed E-state index contributed by atoms with van der Waals surface area (Å²) in [5, 5.41) is 10.9. The topological polar surface area (TPSA) is 54.4 Å². The molecule has 6 atom stereocenters. The minimum absolute atomic E-state index is 0.0521. The second-order valence-corrected chi connectivity index (χ2v) is 9.47. The Bertz CT molecular complexity index is 658. The third-order valence-electron chi connectivity index (χ3n) is 8.51. The average Bonchev–Trinajstić information content (AvgIpc) is 2.54. The molecular formula is C20H28O3. The van der Waals surface area contributed by atoms with E-state index in [-0.39, 0.29) is 33.9 Å². The molecule has 0 unspecified atom stereocenters. The van der Waals surface area contributed by atoms with Gasteiger partial charge in [0.1, 0.15) is 5.78 Å². The van der Waals surface area contributed by atoms with Crippen LogP contribution in [0.5, 0.6) is 0 Å². The molecule has 0 aromatic carbocycles. The number of aliphatic hydroxyl groups excluding tert-OH is 1. The molecule has 0 saturated heterocycles. The Labute approximate surface area is 138 Å². The van der Waals surface area contributed by atoms with Gasteiger partial charge in [0.15, 0.2) is 5.78 Å². The van der Waals surface area contributed by atoms with Gasteiger partial charge in [-0.1, -0.05) is 27.7 Å². The Morgan fingerprint density at radius 2 is 1.83 bits per heavy atom. The lowest BCUT2D eigenvalue weighted by Gasteiger charge is -2.58. The largest absolute Gasteiger partial charge is 0.389 e. The number of allylic oxidation sites excluding steroid dienone is 1. The molecule has 0 radical (unpaired) electrons. The van der Waals surface area contributed by atoms with Crippen LogP contribution in [-0.4, -0.2) is 22.8 Å². The summed E-state index contributed by atoms with van der Waals surface area (Å²) < 4.78 is 0. The first-order valence-electron chi connectivity index (χ1n) is 9.02. The van der Waals surface area contributed by atoms with Crippen LogP contribution in [0.15, 0.2) is 11.1 Å². The van der Waals surface area contributed by atoms with Crippen LogP contribution in [0.3, 0.4) is 0 Å². The second-order valence-electron chi connectivity index (χ2n) is 9.47. The van der Waals surface area contributed by atoms with Gasteiger partial charge in [-0.05, 0) is 48.0 Å². The highest BCUT2D eigenvalue weighted by molar-refractivity contribution is 6.05. The Morgan fingerprint density at radius 3 is 2.43 bits per heavy atom. The van der Waals surface area contributed by atoms with Crippen LogP contribution in [0.2, 0.25) is 0 Å². The molecule has 4 aliphatic carbocycles. The normalized spacial score (nSPS) is 51.0. The van der Waals surface area contributed by atoms with E-state index in [0.717, 1.165) is 17.6 Å². The van der Waals surface area contributed by atoms with E-state index in [1.165, 1.54) is 0 Å². The summed E-state index contributed by atoms with van der Waals surface area (Å²) in [6.07, 6.45) is 2.27. The van der Waals surface area contributed by atoms with Gasteiger partial charge in [-0.25, -0.2) is 0 Å². The number of carbonyl (C=O) groups is 2. The molecule has 0 aliphatic heterocycles. The maximum Gasteiger partial charge on any atom is 0.160 e. The molecule has 0 aromatic heterocycles. The number of hydrogen-bond donors (Lipinski definition) is 1. The van der Waals surface area contributed by atoms with Crippen LogP contribution < -0.4 is 0 Å². The average molecular weight is 316 g/mol. The van der Waals surface area contributed by atoms with Crippen molar-refractivity contribution in [1.29, 1.82) is 0 Å². The van der Waals surface area contributed by atoms with Crippen LogP contribution in [0.4, 0.5) is 0 Å². The maximum atomic E-state index is 12.7. The SMILES string of the molecule is CC1=C2C(=O)C[C@@]2(C)[C@@H]2C[C@@H]3C(=O)C[C@@H](C)[C@@]2(C[C@H]1O)C3(C)C. The molecule has 2 bridgehead atoms. The maximum absolute atomic E-state index is 12.7. The summed E-state index contributed by atoms with van der Waals surface area (Å²) in [5.74, 6) is 1.29. The van der Waals surface area contributed by atoms with E-state index >= 15 is 0 Å². The van der Waals surface area contributed by atoms with E-state index in [2.05, 4.69) is 27.7 Å². The summed E-state index contributed by atoms with van der Waals surface area (Å²) >= 11 is 0. The first-order chi connectivity index (χ1) is 10.6.